The Labute approximate surface area is 148 Å². The number of nitrogens with zero attached hydrogens (tertiary/aromatic N) is 2. The van der Waals surface area contributed by atoms with Crippen LogP contribution in [0.25, 0.3) is 0 Å². The number of carbonyl (C=O) groups is 3. The van der Waals surface area contributed by atoms with E-state index in [1.54, 1.807) is 6.92 Å². The Morgan fingerprint density at radius 1 is 1.23 bits per heavy atom. The number of rotatable bonds is 3. The molecule has 0 aromatic heterocycles. The van der Waals surface area contributed by atoms with Gasteiger partial charge in [-0.3, -0.25) is 9.59 Å². The van der Waals surface area contributed by atoms with Gasteiger partial charge in [-0.1, -0.05) is 0 Å². The fourth-order valence-corrected chi connectivity index (χ4v) is 3.33. The highest BCUT2D eigenvalue weighted by Gasteiger charge is 2.41. The molecule has 3 rings (SSSR count). The normalized spacial score (nSPS) is 26.3. The smallest absolute Gasteiger partial charge is 0.334 e. The molecule has 2 saturated heterocycles. The van der Waals surface area contributed by atoms with Crippen molar-refractivity contribution in [2.75, 3.05) is 24.5 Å². The van der Waals surface area contributed by atoms with Crippen LogP contribution in [0.1, 0.15) is 13.3 Å². The molecule has 0 aliphatic carbocycles. The summed E-state index contributed by atoms with van der Waals surface area (Å²) in [5.41, 5.74) is -0.0783. The number of carboxylic acids is 1. The van der Waals surface area contributed by atoms with Crippen LogP contribution in [0.3, 0.4) is 0 Å². The summed E-state index contributed by atoms with van der Waals surface area (Å²) in [6.45, 7) is 1.74. The Bertz CT molecular complexity index is 757. The van der Waals surface area contributed by atoms with Crippen LogP contribution in [-0.4, -0.2) is 59.6 Å². The molecule has 0 bridgehead atoms. The van der Waals surface area contributed by atoms with E-state index in [9.17, 15) is 23.2 Å². The summed E-state index contributed by atoms with van der Waals surface area (Å²) in [5.74, 6) is -4.32. The van der Waals surface area contributed by atoms with Gasteiger partial charge in [0.1, 0.15) is 11.6 Å². The summed E-state index contributed by atoms with van der Waals surface area (Å²) in [4.78, 5) is 38.6. The Morgan fingerprint density at radius 2 is 1.96 bits per heavy atom. The van der Waals surface area contributed by atoms with Crippen molar-refractivity contribution in [2.24, 2.45) is 5.92 Å². The van der Waals surface area contributed by atoms with Crippen LogP contribution in [0.5, 0.6) is 0 Å². The number of carbonyl (C=O) groups excluding carboxylic acids is 2. The second-order valence-electron chi connectivity index (χ2n) is 6.52. The Morgan fingerprint density at radius 3 is 2.62 bits per heavy atom. The third kappa shape index (κ3) is 3.52. The molecule has 0 spiro atoms. The molecule has 2 unspecified atom stereocenters. The molecule has 2 aliphatic rings. The van der Waals surface area contributed by atoms with Crippen LogP contribution in [0.2, 0.25) is 0 Å². The highest BCUT2D eigenvalue weighted by molar-refractivity contribution is 6.00. The second kappa shape index (κ2) is 6.99. The number of morpholine rings is 1. The number of carboxylic acid groups (broad SMARTS) is 1. The lowest BCUT2D eigenvalue weighted by atomic mass is 10.1. The lowest BCUT2D eigenvalue weighted by Gasteiger charge is -2.36. The van der Waals surface area contributed by atoms with Crippen molar-refractivity contribution in [1.29, 1.82) is 0 Å². The minimum absolute atomic E-state index is 0.0380. The third-order valence-corrected chi connectivity index (χ3v) is 4.52. The van der Waals surface area contributed by atoms with E-state index in [0.717, 1.165) is 17.0 Å². The van der Waals surface area contributed by atoms with Crippen LogP contribution in [-0.2, 0) is 19.1 Å². The number of hydrogen-bond acceptors (Lipinski definition) is 4. The molecular formula is C17H18F2N2O5. The van der Waals surface area contributed by atoms with Gasteiger partial charge in [0.15, 0.2) is 6.10 Å². The number of aliphatic carboxylic acids is 1. The monoisotopic (exact) mass is 368 g/mol. The van der Waals surface area contributed by atoms with Gasteiger partial charge in [-0.05, 0) is 19.1 Å². The summed E-state index contributed by atoms with van der Waals surface area (Å²) in [7, 11) is 0. The van der Waals surface area contributed by atoms with Gasteiger partial charge in [-0.15, -0.1) is 0 Å². The van der Waals surface area contributed by atoms with Crippen LogP contribution in [0.4, 0.5) is 14.5 Å². The van der Waals surface area contributed by atoms with Gasteiger partial charge in [0.25, 0.3) is 0 Å². The van der Waals surface area contributed by atoms with Crippen LogP contribution >= 0.6 is 0 Å². The Hall–Kier alpha value is -2.55. The highest BCUT2D eigenvalue weighted by Crippen LogP contribution is 2.29. The number of hydrogen-bond donors (Lipinski definition) is 1. The van der Waals surface area contributed by atoms with Crippen molar-refractivity contribution in [1.82, 2.24) is 4.90 Å². The standard InChI is InChI=1S/C17H18F2N2O5/c1-9-6-20(8-14(26-9)17(24)25)16(23)10-4-15(22)21(7-10)13-3-2-11(18)5-12(13)19/h2-3,5,9-10,14H,4,6-8H2,1H3,(H,24,25)/t9-,10?,14?/m1/s1. The van der Waals surface area contributed by atoms with Crippen molar-refractivity contribution in [3.8, 4) is 0 Å². The van der Waals surface area contributed by atoms with E-state index in [4.69, 9.17) is 9.84 Å². The predicted octanol–water partition coefficient (Wildman–Crippen LogP) is 1.02. The van der Waals surface area contributed by atoms with E-state index in [1.807, 2.05) is 0 Å². The maximum Gasteiger partial charge on any atom is 0.334 e. The molecule has 140 valence electrons. The highest BCUT2D eigenvalue weighted by atomic mass is 19.1. The average molecular weight is 368 g/mol. The number of anilines is 1. The van der Waals surface area contributed by atoms with E-state index in [-0.39, 0.29) is 37.6 Å². The molecule has 2 fully saturated rings. The Kier molecular flexibility index (Phi) is 4.90. The SMILES string of the molecule is C[C@@H]1CN(C(=O)C2CC(=O)N(c3ccc(F)cc3F)C2)CC(C(=O)O)O1. The summed E-state index contributed by atoms with van der Waals surface area (Å²) < 4.78 is 32.3. The molecule has 0 saturated carbocycles. The van der Waals surface area contributed by atoms with Crippen molar-refractivity contribution in [3.05, 3.63) is 29.8 Å². The molecule has 7 nitrogen and oxygen atoms in total. The number of halogens is 2. The molecule has 9 heteroatoms. The minimum atomic E-state index is -1.16. The third-order valence-electron chi connectivity index (χ3n) is 4.52. The molecule has 26 heavy (non-hydrogen) atoms. The lowest BCUT2D eigenvalue weighted by Crippen LogP contribution is -2.53. The molecule has 2 heterocycles. The average Bonchev–Trinajstić information content (AvgIpc) is 2.95. The van der Waals surface area contributed by atoms with Gasteiger partial charge < -0.3 is 19.6 Å². The van der Waals surface area contributed by atoms with Crippen molar-refractivity contribution >= 4 is 23.5 Å². The molecule has 3 atom stereocenters. The van der Waals surface area contributed by atoms with Gasteiger partial charge in [0.2, 0.25) is 11.8 Å². The van der Waals surface area contributed by atoms with E-state index in [1.165, 1.54) is 4.90 Å². The summed E-state index contributed by atoms with van der Waals surface area (Å²) in [6, 6.07) is 2.88. The molecule has 2 aliphatic heterocycles. The molecule has 2 amide bonds. The maximum absolute atomic E-state index is 13.9. The predicted molar refractivity (Wildman–Crippen MR) is 85.4 cm³/mol. The van der Waals surface area contributed by atoms with E-state index < -0.39 is 41.6 Å². The van der Waals surface area contributed by atoms with Crippen molar-refractivity contribution in [2.45, 2.75) is 25.6 Å². The van der Waals surface area contributed by atoms with Crippen molar-refractivity contribution < 1.29 is 33.0 Å². The fraction of sp³-hybridized carbons (Fsp3) is 0.471. The topological polar surface area (TPSA) is 87.2 Å². The van der Waals surface area contributed by atoms with Gasteiger partial charge in [0, 0.05) is 25.6 Å². The summed E-state index contributed by atoms with van der Waals surface area (Å²) in [6.07, 6.45) is -1.68. The summed E-state index contributed by atoms with van der Waals surface area (Å²) >= 11 is 0. The zero-order valence-electron chi connectivity index (χ0n) is 14.0. The zero-order chi connectivity index (χ0) is 19.0. The first-order valence-electron chi connectivity index (χ1n) is 8.18. The van der Waals surface area contributed by atoms with Crippen molar-refractivity contribution in [3.63, 3.8) is 0 Å². The van der Waals surface area contributed by atoms with Crippen LogP contribution < -0.4 is 4.90 Å². The first-order chi connectivity index (χ1) is 12.3. The zero-order valence-corrected chi connectivity index (χ0v) is 14.0. The largest absolute Gasteiger partial charge is 0.479 e. The maximum atomic E-state index is 13.9. The van der Waals surface area contributed by atoms with Gasteiger partial charge in [0.05, 0.1) is 24.3 Å². The van der Waals surface area contributed by atoms with Gasteiger partial charge >= 0.3 is 5.97 Å². The number of amides is 2. The van der Waals surface area contributed by atoms with E-state index in [2.05, 4.69) is 0 Å². The Balaban J connectivity index is 1.73. The van der Waals surface area contributed by atoms with Crippen LogP contribution in [0, 0.1) is 17.6 Å². The van der Waals surface area contributed by atoms with E-state index >= 15 is 0 Å². The molecule has 0 radical (unpaired) electrons. The number of benzene rings is 1. The molecule has 1 aromatic rings. The van der Waals surface area contributed by atoms with Gasteiger partial charge in [-0.25, -0.2) is 13.6 Å². The quantitative estimate of drug-likeness (QED) is 0.861. The lowest BCUT2D eigenvalue weighted by molar-refractivity contribution is -0.167. The molecule has 1 aromatic carbocycles. The number of ether oxygens (including phenoxy) is 1. The first kappa shape index (κ1) is 18.2. The van der Waals surface area contributed by atoms with Crippen LogP contribution in [0.15, 0.2) is 18.2 Å². The summed E-state index contributed by atoms with van der Waals surface area (Å²) in [5, 5.41) is 9.11. The minimum Gasteiger partial charge on any atom is -0.479 e. The second-order valence-corrected chi connectivity index (χ2v) is 6.52. The molecular weight excluding hydrogens is 350 g/mol. The fourth-order valence-electron chi connectivity index (χ4n) is 3.33. The molecule has 1 N–H and O–H groups in total. The van der Waals surface area contributed by atoms with E-state index in [0.29, 0.717) is 6.07 Å². The van der Waals surface area contributed by atoms with Gasteiger partial charge in [-0.2, -0.15) is 0 Å². The first-order valence-corrected chi connectivity index (χ1v) is 8.18.